The number of nitrogens with one attached hydrogen (secondary N) is 1. The number of hydrogen-bond donors (Lipinski definition) is 2. The Labute approximate surface area is 113 Å². The highest BCUT2D eigenvalue weighted by Gasteiger charge is 2.14. The van der Waals surface area contributed by atoms with Crippen molar-refractivity contribution in [2.75, 3.05) is 44.7 Å². The maximum atomic E-state index is 13.0. The van der Waals surface area contributed by atoms with Gasteiger partial charge < -0.3 is 15.2 Å². The summed E-state index contributed by atoms with van der Waals surface area (Å²) in [5, 5.41) is 13.1. The summed E-state index contributed by atoms with van der Waals surface area (Å²) in [6.45, 7) is 6.15. The molecular weight excluding hydrogens is 247 g/mol. The fourth-order valence-electron chi connectivity index (χ4n) is 2.20. The molecule has 2 N–H and O–H groups in total. The van der Waals surface area contributed by atoms with E-state index in [0.717, 1.165) is 37.6 Å². The fraction of sp³-hybridized carbons (Fsp3) is 0.571. The number of hydrogen-bond acceptors (Lipinski definition) is 4. The summed E-state index contributed by atoms with van der Waals surface area (Å²) in [6, 6.07) is 4.60. The molecule has 0 bridgehead atoms. The first-order chi connectivity index (χ1) is 9.15. The van der Waals surface area contributed by atoms with Crippen LogP contribution in [0.25, 0.3) is 0 Å². The van der Waals surface area contributed by atoms with E-state index in [0.29, 0.717) is 13.1 Å². The minimum Gasteiger partial charge on any atom is -0.390 e. The van der Waals surface area contributed by atoms with Crippen LogP contribution in [0.1, 0.15) is 5.56 Å². The summed E-state index contributed by atoms with van der Waals surface area (Å²) in [7, 11) is 0. The van der Waals surface area contributed by atoms with Crippen molar-refractivity contribution in [3.63, 3.8) is 0 Å². The van der Waals surface area contributed by atoms with Gasteiger partial charge in [-0.05, 0) is 30.7 Å². The summed E-state index contributed by atoms with van der Waals surface area (Å²) < 4.78 is 18.2. The second-order valence-electron chi connectivity index (χ2n) is 4.91. The monoisotopic (exact) mass is 268 g/mol. The SMILES string of the molecule is Cc1cc(F)ccc1NCC(O)CN1CCOCC1. The highest BCUT2D eigenvalue weighted by atomic mass is 19.1. The van der Waals surface area contributed by atoms with Crippen molar-refractivity contribution in [3.8, 4) is 0 Å². The van der Waals surface area contributed by atoms with Gasteiger partial charge in [-0.25, -0.2) is 4.39 Å². The Hall–Kier alpha value is -1.17. The molecule has 0 aliphatic carbocycles. The first-order valence-corrected chi connectivity index (χ1v) is 6.63. The summed E-state index contributed by atoms with van der Waals surface area (Å²) >= 11 is 0. The summed E-state index contributed by atoms with van der Waals surface area (Å²) in [5.41, 5.74) is 1.71. The standard InChI is InChI=1S/C14H21FN2O2/c1-11-8-12(15)2-3-14(11)16-9-13(18)10-17-4-6-19-7-5-17/h2-3,8,13,16,18H,4-7,9-10H2,1H3. The van der Waals surface area contributed by atoms with Crippen LogP contribution in [0.2, 0.25) is 0 Å². The number of rotatable bonds is 5. The topological polar surface area (TPSA) is 44.7 Å². The van der Waals surface area contributed by atoms with E-state index in [1.54, 1.807) is 6.07 Å². The third kappa shape index (κ3) is 4.45. The molecule has 1 saturated heterocycles. The summed E-state index contributed by atoms with van der Waals surface area (Å²) in [6.07, 6.45) is -0.442. The minimum absolute atomic E-state index is 0.239. The van der Waals surface area contributed by atoms with Gasteiger partial charge in [0.05, 0.1) is 19.3 Å². The van der Waals surface area contributed by atoms with Crippen molar-refractivity contribution in [1.29, 1.82) is 0 Å². The third-order valence-electron chi connectivity index (χ3n) is 3.29. The van der Waals surface area contributed by atoms with Crippen LogP contribution in [0, 0.1) is 12.7 Å². The lowest BCUT2D eigenvalue weighted by atomic mass is 10.2. The molecule has 1 aliphatic heterocycles. The number of morpholine rings is 1. The van der Waals surface area contributed by atoms with Gasteiger partial charge >= 0.3 is 0 Å². The zero-order chi connectivity index (χ0) is 13.7. The number of aliphatic hydroxyl groups is 1. The van der Waals surface area contributed by atoms with Crippen LogP contribution < -0.4 is 5.32 Å². The van der Waals surface area contributed by atoms with Gasteiger partial charge in [-0.3, -0.25) is 4.90 Å². The van der Waals surface area contributed by atoms with E-state index in [1.807, 2.05) is 6.92 Å². The smallest absolute Gasteiger partial charge is 0.123 e. The summed E-state index contributed by atoms with van der Waals surface area (Å²) in [4.78, 5) is 2.19. The first kappa shape index (κ1) is 14.2. The molecule has 1 aliphatic rings. The van der Waals surface area contributed by atoms with Gasteiger partial charge in [0.15, 0.2) is 0 Å². The molecule has 1 fully saturated rings. The number of aliphatic hydroxyl groups excluding tert-OH is 1. The van der Waals surface area contributed by atoms with Crippen LogP contribution in [0.15, 0.2) is 18.2 Å². The molecule has 106 valence electrons. The average molecular weight is 268 g/mol. The Kier molecular flexibility index (Phi) is 5.13. The number of β-amino-alcohol motifs (C(OH)–C–C–N with tert-alkyl or cyclic N) is 1. The van der Waals surface area contributed by atoms with Gasteiger partial charge in [0, 0.05) is 31.9 Å². The molecule has 1 atom stereocenters. The van der Waals surface area contributed by atoms with E-state index in [1.165, 1.54) is 12.1 Å². The van der Waals surface area contributed by atoms with Crippen molar-refractivity contribution >= 4 is 5.69 Å². The van der Waals surface area contributed by atoms with E-state index >= 15 is 0 Å². The van der Waals surface area contributed by atoms with E-state index in [2.05, 4.69) is 10.2 Å². The van der Waals surface area contributed by atoms with Gasteiger partial charge in [-0.15, -0.1) is 0 Å². The van der Waals surface area contributed by atoms with E-state index in [-0.39, 0.29) is 5.82 Å². The zero-order valence-corrected chi connectivity index (χ0v) is 11.2. The molecule has 4 nitrogen and oxygen atoms in total. The molecule has 0 amide bonds. The van der Waals surface area contributed by atoms with Gasteiger partial charge in [0.2, 0.25) is 0 Å². The lowest BCUT2D eigenvalue weighted by Crippen LogP contribution is -2.42. The Morgan fingerprint density at radius 3 is 2.84 bits per heavy atom. The van der Waals surface area contributed by atoms with Crippen molar-refractivity contribution in [3.05, 3.63) is 29.6 Å². The Balaban J connectivity index is 1.77. The van der Waals surface area contributed by atoms with Crippen LogP contribution in [0.3, 0.4) is 0 Å². The Bertz CT molecular complexity index is 408. The lowest BCUT2D eigenvalue weighted by molar-refractivity contribution is 0.0171. The third-order valence-corrected chi connectivity index (χ3v) is 3.29. The number of nitrogens with zero attached hydrogens (tertiary/aromatic N) is 1. The van der Waals surface area contributed by atoms with Crippen LogP contribution >= 0.6 is 0 Å². The van der Waals surface area contributed by atoms with E-state index < -0.39 is 6.10 Å². The highest BCUT2D eigenvalue weighted by molar-refractivity contribution is 5.50. The van der Waals surface area contributed by atoms with Gasteiger partial charge in [-0.1, -0.05) is 0 Å². The zero-order valence-electron chi connectivity index (χ0n) is 11.2. The molecule has 5 heteroatoms. The molecule has 0 aromatic heterocycles. The van der Waals surface area contributed by atoms with Crippen LogP contribution in [-0.4, -0.2) is 55.5 Å². The molecule has 1 heterocycles. The number of ether oxygens (including phenoxy) is 1. The Morgan fingerprint density at radius 1 is 1.42 bits per heavy atom. The van der Waals surface area contributed by atoms with E-state index in [4.69, 9.17) is 4.74 Å². The Morgan fingerprint density at radius 2 is 2.16 bits per heavy atom. The molecule has 1 aromatic rings. The second-order valence-corrected chi connectivity index (χ2v) is 4.91. The quantitative estimate of drug-likeness (QED) is 0.843. The molecule has 0 radical (unpaired) electrons. The first-order valence-electron chi connectivity index (χ1n) is 6.63. The van der Waals surface area contributed by atoms with Crippen molar-refractivity contribution < 1.29 is 14.2 Å². The number of anilines is 1. The maximum absolute atomic E-state index is 13.0. The highest BCUT2D eigenvalue weighted by Crippen LogP contribution is 2.15. The number of aryl methyl sites for hydroxylation is 1. The lowest BCUT2D eigenvalue weighted by Gasteiger charge is -2.28. The normalized spacial score (nSPS) is 18.3. The van der Waals surface area contributed by atoms with Gasteiger partial charge in [0.1, 0.15) is 5.82 Å². The molecule has 2 rings (SSSR count). The molecule has 0 saturated carbocycles. The predicted octanol–water partition coefficient (Wildman–Crippen LogP) is 1.24. The molecule has 1 aromatic carbocycles. The van der Waals surface area contributed by atoms with Crippen molar-refractivity contribution in [2.24, 2.45) is 0 Å². The van der Waals surface area contributed by atoms with Gasteiger partial charge in [0.25, 0.3) is 0 Å². The molecule has 0 spiro atoms. The predicted molar refractivity (Wildman–Crippen MR) is 72.9 cm³/mol. The minimum atomic E-state index is -0.442. The fourth-order valence-corrected chi connectivity index (χ4v) is 2.20. The van der Waals surface area contributed by atoms with Crippen molar-refractivity contribution in [2.45, 2.75) is 13.0 Å². The second kappa shape index (κ2) is 6.84. The molecule has 19 heavy (non-hydrogen) atoms. The summed E-state index contributed by atoms with van der Waals surface area (Å²) in [5.74, 6) is -0.239. The number of benzene rings is 1. The van der Waals surface area contributed by atoms with Crippen LogP contribution in [-0.2, 0) is 4.74 Å². The average Bonchev–Trinajstić information content (AvgIpc) is 2.39. The largest absolute Gasteiger partial charge is 0.390 e. The van der Waals surface area contributed by atoms with E-state index in [9.17, 15) is 9.50 Å². The number of halogens is 1. The molecular formula is C14H21FN2O2. The van der Waals surface area contributed by atoms with Crippen molar-refractivity contribution in [1.82, 2.24) is 4.90 Å². The van der Waals surface area contributed by atoms with Crippen LogP contribution in [0.5, 0.6) is 0 Å². The van der Waals surface area contributed by atoms with Gasteiger partial charge in [-0.2, -0.15) is 0 Å². The maximum Gasteiger partial charge on any atom is 0.123 e. The molecule has 1 unspecified atom stereocenters. The van der Waals surface area contributed by atoms with Crippen LogP contribution in [0.4, 0.5) is 10.1 Å².